The molecule has 28 heavy (non-hydrogen) atoms. The van der Waals surface area contributed by atoms with E-state index in [1.54, 1.807) is 32.2 Å². The highest BCUT2D eigenvalue weighted by Gasteiger charge is 2.46. The molecule has 2 aromatic rings. The molecule has 0 heterocycles. The molecule has 0 bridgehead atoms. The van der Waals surface area contributed by atoms with Gasteiger partial charge in [-0.1, -0.05) is 61.4 Å². The van der Waals surface area contributed by atoms with Crippen molar-refractivity contribution in [3.63, 3.8) is 0 Å². The van der Waals surface area contributed by atoms with E-state index in [2.05, 4.69) is 0 Å². The van der Waals surface area contributed by atoms with E-state index < -0.39 is 23.3 Å². The molecule has 0 saturated heterocycles. The zero-order valence-electron chi connectivity index (χ0n) is 16.4. The predicted molar refractivity (Wildman–Crippen MR) is 105 cm³/mol. The van der Waals surface area contributed by atoms with Crippen LogP contribution in [0.4, 0.5) is 4.39 Å². The number of halogens is 1. The number of ether oxygens (including phenoxy) is 1. The number of amides is 1. The van der Waals surface area contributed by atoms with Gasteiger partial charge in [0, 0.05) is 19.2 Å². The predicted octanol–water partition coefficient (Wildman–Crippen LogP) is 4.23. The SMILES string of the molecule is C[C@@H](OC(=O)C1(c2ccccc2F)CCCC1)C(=O)N(C)Cc1ccccc1. The minimum Gasteiger partial charge on any atom is -0.452 e. The van der Waals surface area contributed by atoms with Gasteiger partial charge in [0.2, 0.25) is 0 Å². The Balaban J connectivity index is 1.71. The van der Waals surface area contributed by atoms with E-state index in [0.717, 1.165) is 18.4 Å². The van der Waals surface area contributed by atoms with Crippen LogP contribution in [0.2, 0.25) is 0 Å². The first-order valence-electron chi connectivity index (χ1n) is 9.69. The molecule has 0 spiro atoms. The van der Waals surface area contributed by atoms with Gasteiger partial charge in [0.15, 0.2) is 6.10 Å². The summed E-state index contributed by atoms with van der Waals surface area (Å²) >= 11 is 0. The summed E-state index contributed by atoms with van der Waals surface area (Å²) in [6.45, 7) is 2.01. The summed E-state index contributed by atoms with van der Waals surface area (Å²) in [7, 11) is 1.68. The minimum atomic E-state index is -1.00. The summed E-state index contributed by atoms with van der Waals surface area (Å²) in [4.78, 5) is 27.3. The van der Waals surface area contributed by atoms with Crippen molar-refractivity contribution >= 4 is 11.9 Å². The highest BCUT2D eigenvalue weighted by Crippen LogP contribution is 2.43. The van der Waals surface area contributed by atoms with E-state index in [1.165, 1.54) is 11.0 Å². The fraction of sp³-hybridized carbons (Fsp3) is 0.391. The number of hydrogen-bond donors (Lipinski definition) is 0. The standard InChI is InChI=1S/C23H26FNO3/c1-17(21(26)25(2)16-18-10-4-3-5-11-18)28-22(27)23(14-8-9-15-23)19-12-6-7-13-20(19)24/h3-7,10-13,17H,8-9,14-16H2,1-2H3/t17-/m1/s1. The van der Waals surface area contributed by atoms with Gasteiger partial charge in [-0.2, -0.15) is 0 Å². The summed E-state index contributed by atoms with van der Waals surface area (Å²) in [5.74, 6) is -1.19. The third-order valence-corrected chi connectivity index (χ3v) is 5.51. The van der Waals surface area contributed by atoms with Crippen molar-refractivity contribution in [2.45, 2.75) is 50.7 Å². The van der Waals surface area contributed by atoms with E-state index in [1.807, 2.05) is 30.3 Å². The fourth-order valence-electron chi connectivity index (χ4n) is 3.98. The molecule has 4 nitrogen and oxygen atoms in total. The lowest BCUT2D eigenvalue weighted by Gasteiger charge is -2.30. The molecule has 2 aromatic carbocycles. The maximum absolute atomic E-state index is 14.4. The first-order valence-corrected chi connectivity index (χ1v) is 9.69. The second-order valence-electron chi connectivity index (χ2n) is 7.50. The van der Waals surface area contributed by atoms with Crippen molar-refractivity contribution in [1.29, 1.82) is 0 Å². The average Bonchev–Trinajstić information content (AvgIpc) is 3.19. The van der Waals surface area contributed by atoms with Crippen molar-refractivity contribution in [3.05, 3.63) is 71.5 Å². The molecular formula is C23H26FNO3. The fourth-order valence-corrected chi connectivity index (χ4v) is 3.98. The molecule has 0 N–H and O–H groups in total. The smallest absolute Gasteiger partial charge is 0.317 e. The maximum Gasteiger partial charge on any atom is 0.317 e. The van der Waals surface area contributed by atoms with Gasteiger partial charge < -0.3 is 9.64 Å². The Morgan fingerprint density at radius 3 is 2.32 bits per heavy atom. The quantitative estimate of drug-likeness (QED) is 0.702. The first-order chi connectivity index (χ1) is 13.4. The Bertz CT molecular complexity index is 831. The van der Waals surface area contributed by atoms with Crippen LogP contribution >= 0.6 is 0 Å². The van der Waals surface area contributed by atoms with Crippen molar-refractivity contribution in [2.75, 3.05) is 7.05 Å². The van der Waals surface area contributed by atoms with Gasteiger partial charge in [-0.05, 0) is 31.4 Å². The van der Waals surface area contributed by atoms with Gasteiger partial charge >= 0.3 is 5.97 Å². The molecule has 3 rings (SSSR count). The molecule has 1 fully saturated rings. The third-order valence-electron chi connectivity index (χ3n) is 5.51. The second-order valence-corrected chi connectivity index (χ2v) is 7.50. The summed E-state index contributed by atoms with van der Waals surface area (Å²) in [5, 5.41) is 0. The van der Waals surface area contributed by atoms with Gasteiger partial charge in [0.25, 0.3) is 5.91 Å². The van der Waals surface area contributed by atoms with Crippen molar-refractivity contribution in [2.24, 2.45) is 0 Å². The van der Waals surface area contributed by atoms with Crippen LogP contribution in [0.15, 0.2) is 54.6 Å². The number of carbonyl (C=O) groups is 2. The van der Waals surface area contributed by atoms with Gasteiger partial charge in [0.1, 0.15) is 5.82 Å². The molecule has 1 amide bonds. The zero-order valence-corrected chi connectivity index (χ0v) is 16.4. The molecule has 5 heteroatoms. The largest absolute Gasteiger partial charge is 0.452 e. The van der Waals surface area contributed by atoms with Crippen LogP contribution in [0, 0.1) is 5.82 Å². The number of hydrogen-bond acceptors (Lipinski definition) is 3. The normalized spacial score (nSPS) is 16.4. The van der Waals surface area contributed by atoms with Crippen molar-refractivity contribution in [1.82, 2.24) is 4.90 Å². The summed E-state index contributed by atoms with van der Waals surface area (Å²) < 4.78 is 20.0. The molecule has 1 aliphatic carbocycles. The molecule has 0 aliphatic heterocycles. The van der Waals surface area contributed by atoms with Gasteiger partial charge in [0.05, 0.1) is 5.41 Å². The van der Waals surface area contributed by atoms with Crippen LogP contribution in [0.25, 0.3) is 0 Å². The van der Waals surface area contributed by atoms with E-state index >= 15 is 0 Å². The molecule has 0 radical (unpaired) electrons. The number of carbonyl (C=O) groups excluding carboxylic acids is 2. The lowest BCUT2D eigenvalue weighted by molar-refractivity contribution is -0.163. The number of benzene rings is 2. The van der Waals surface area contributed by atoms with Crippen LogP contribution in [-0.2, 0) is 26.3 Å². The highest BCUT2D eigenvalue weighted by atomic mass is 19.1. The Labute approximate surface area is 165 Å². The molecule has 148 valence electrons. The van der Waals surface area contributed by atoms with Crippen LogP contribution < -0.4 is 0 Å². The Morgan fingerprint density at radius 2 is 1.68 bits per heavy atom. The third kappa shape index (κ3) is 4.08. The molecule has 1 atom stereocenters. The summed E-state index contributed by atoms with van der Waals surface area (Å²) in [6, 6.07) is 16.0. The van der Waals surface area contributed by atoms with Crippen LogP contribution in [0.3, 0.4) is 0 Å². The number of nitrogens with zero attached hydrogens (tertiary/aromatic N) is 1. The van der Waals surface area contributed by atoms with Gasteiger partial charge in [-0.25, -0.2) is 4.39 Å². The van der Waals surface area contributed by atoms with E-state index in [-0.39, 0.29) is 5.91 Å². The van der Waals surface area contributed by atoms with E-state index in [4.69, 9.17) is 4.74 Å². The number of likely N-dealkylation sites (N-methyl/N-ethyl adjacent to an activating group) is 1. The highest BCUT2D eigenvalue weighted by molar-refractivity contribution is 5.88. The van der Waals surface area contributed by atoms with Crippen LogP contribution in [-0.4, -0.2) is 29.9 Å². The number of esters is 1. The van der Waals surface area contributed by atoms with Crippen molar-refractivity contribution in [3.8, 4) is 0 Å². The van der Waals surface area contributed by atoms with Crippen LogP contribution in [0.5, 0.6) is 0 Å². The molecule has 0 aromatic heterocycles. The first kappa shape index (κ1) is 20.1. The lowest BCUT2D eigenvalue weighted by Crippen LogP contribution is -2.42. The molecular weight excluding hydrogens is 357 g/mol. The van der Waals surface area contributed by atoms with Crippen LogP contribution in [0.1, 0.15) is 43.7 Å². The Hall–Kier alpha value is -2.69. The van der Waals surface area contributed by atoms with E-state index in [9.17, 15) is 14.0 Å². The second kappa shape index (κ2) is 8.55. The molecule has 0 unspecified atom stereocenters. The van der Waals surface area contributed by atoms with Gasteiger partial charge in [-0.3, -0.25) is 9.59 Å². The molecule has 1 saturated carbocycles. The van der Waals surface area contributed by atoms with Gasteiger partial charge in [-0.15, -0.1) is 0 Å². The lowest BCUT2D eigenvalue weighted by atomic mass is 9.78. The zero-order chi connectivity index (χ0) is 20.1. The number of rotatable bonds is 6. The topological polar surface area (TPSA) is 46.6 Å². The van der Waals surface area contributed by atoms with Crippen molar-refractivity contribution < 1.29 is 18.7 Å². The average molecular weight is 383 g/mol. The monoisotopic (exact) mass is 383 g/mol. The Morgan fingerprint density at radius 1 is 1.07 bits per heavy atom. The minimum absolute atomic E-state index is 0.279. The maximum atomic E-state index is 14.4. The summed E-state index contributed by atoms with van der Waals surface area (Å²) in [6.07, 6.45) is 1.81. The summed E-state index contributed by atoms with van der Waals surface area (Å²) in [5.41, 5.74) is 0.364. The Kier molecular flexibility index (Phi) is 6.12. The molecule has 1 aliphatic rings. The van der Waals surface area contributed by atoms with E-state index in [0.29, 0.717) is 24.9 Å².